The normalized spacial score (nSPS) is 14.0. The first-order chi connectivity index (χ1) is 9.56. The zero-order chi connectivity index (χ0) is 15.0. The van der Waals surface area contributed by atoms with E-state index in [1.54, 1.807) is 12.1 Å². The fourth-order valence-electron chi connectivity index (χ4n) is 1.62. The fourth-order valence-corrected chi connectivity index (χ4v) is 1.62. The summed E-state index contributed by atoms with van der Waals surface area (Å²) in [6, 6.07) is 6.14. The SMILES string of the molecule is CCNC(=NCC(O)c1ccc(F)cc1)NC(C)CC.I. The number of rotatable bonds is 6. The highest BCUT2D eigenvalue weighted by Crippen LogP contribution is 2.13. The van der Waals surface area contributed by atoms with Gasteiger partial charge in [-0.1, -0.05) is 19.1 Å². The van der Waals surface area contributed by atoms with Crippen molar-refractivity contribution in [2.24, 2.45) is 4.99 Å². The van der Waals surface area contributed by atoms with Crippen LogP contribution in [0.3, 0.4) is 0 Å². The Morgan fingerprint density at radius 1 is 1.29 bits per heavy atom. The minimum atomic E-state index is -0.733. The third kappa shape index (κ3) is 7.61. The van der Waals surface area contributed by atoms with Crippen LogP contribution in [0.25, 0.3) is 0 Å². The van der Waals surface area contributed by atoms with Gasteiger partial charge in [0.25, 0.3) is 0 Å². The van der Waals surface area contributed by atoms with E-state index in [0.717, 1.165) is 13.0 Å². The number of nitrogens with zero attached hydrogens (tertiary/aromatic N) is 1. The van der Waals surface area contributed by atoms with Gasteiger partial charge in [0.1, 0.15) is 5.82 Å². The molecule has 0 saturated carbocycles. The Hall–Kier alpha value is -0.890. The summed E-state index contributed by atoms with van der Waals surface area (Å²) in [6.45, 7) is 7.15. The summed E-state index contributed by atoms with van der Waals surface area (Å²) in [5.74, 6) is 0.374. The standard InChI is InChI=1S/C15H24FN3O.HI/c1-4-11(3)19-15(17-5-2)18-10-14(20)12-6-8-13(16)9-7-12;/h6-9,11,14,20H,4-5,10H2,1-3H3,(H2,17,18,19);1H. The molecule has 1 rings (SSSR count). The molecular weight excluding hydrogens is 384 g/mol. The molecule has 0 aliphatic rings. The lowest BCUT2D eigenvalue weighted by Crippen LogP contribution is -2.42. The molecule has 1 aromatic carbocycles. The van der Waals surface area contributed by atoms with E-state index in [-0.39, 0.29) is 36.3 Å². The van der Waals surface area contributed by atoms with Crippen LogP contribution in [0.4, 0.5) is 4.39 Å². The third-order valence-electron chi connectivity index (χ3n) is 3.02. The first kappa shape index (κ1) is 20.1. The van der Waals surface area contributed by atoms with Gasteiger partial charge in [0.2, 0.25) is 0 Å². The quantitative estimate of drug-likeness (QED) is 0.385. The number of guanidine groups is 1. The number of halogens is 2. The molecule has 0 aromatic heterocycles. The molecule has 4 nitrogen and oxygen atoms in total. The molecule has 120 valence electrons. The number of hydrogen-bond acceptors (Lipinski definition) is 2. The van der Waals surface area contributed by atoms with Gasteiger partial charge in [-0.2, -0.15) is 0 Å². The molecule has 0 aliphatic carbocycles. The Balaban J connectivity index is 0.00000400. The molecular formula is C15H25FIN3O. The second-order valence-corrected chi connectivity index (χ2v) is 4.74. The van der Waals surface area contributed by atoms with Crippen LogP contribution >= 0.6 is 24.0 Å². The highest BCUT2D eigenvalue weighted by Gasteiger charge is 2.08. The molecule has 0 bridgehead atoms. The van der Waals surface area contributed by atoms with E-state index in [1.807, 2.05) is 6.92 Å². The van der Waals surface area contributed by atoms with Crippen LogP contribution in [0, 0.1) is 5.82 Å². The van der Waals surface area contributed by atoms with Crippen molar-refractivity contribution in [3.63, 3.8) is 0 Å². The van der Waals surface area contributed by atoms with Gasteiger partial charge in [-0.25, -0.2) is 4.39 Å². The topological polar surface area (TPSA) is 56.7 Å². The molecule has 6 heteroatoms. The third-order valence-corrected chi connectivity index (χ3v) is 3.02. The van der Waals surface area contributed by atoms with Gasteiger partial charge in [-0.05, 0) is 38.0 Å². The molecule has 0 heterocycles. The minimum Gasteiger partial charge on any atom is -0.386 e. The maximum Gasteiger partial charge on any atom is 0.191 e. The summed E-state index contributed by atoms with van der Waals surface area (Å²) in [4.78, 5) is 4.35. The predicted octanol–water partition coefficient (Wildman–Crippen LogP) is 2.83. The van der Waals surface area contributed by atoms with Gasteiger partial charge in [0.05, 0.1) is 12.6 Å². The number of hydrogen-bond donors (Lipinski definition) is 3. The van der Waals surface area contributed by atoms with Gasteiger partial charge in [0, 0.05) is 12.6 Å². The van der Waals surface area contributed by atoms with Crippen LogP contribution < -0.4 is 10.6 Å². The molecule has 0 amide bonds. The van der Waals surface area contributed by atoms with E-state index >= 15 is 0 Å². The van der Waals surface area contributed by atoms with Crippen LogP contribution in [-0.2, 0) is 0 Å². The van der Waals surface area contributed by atoms with Gasteiger partial charge >= 0.3 is 0 Å². The van der Waals surface area contributed by atoms with E-state index in [0.29, 0.717) is 17.6 Å². The van der Waals surface area contributed by atoms with Crippen molar-refractivity contribution in [1.82, 2.24) is 10.6 Å². The first-order valence-electron chi connectivity index (χ1n) is 7.05. The lowest BCUT2D eigenvalue weighted by atomic mass is 10.1. The fraction of sp³-hybridized carbons (Fsp3) is 0.533. The molecule has 1 aromatic rings. The number of aliphatic imine (C=N–C) groups is 1. The molecule has 2 atom stereocenters. The Labute approximate surface area is 143 Å². The second-order valence-electron chi connectivity index (χ2n) is 4.74. The molecule has 0 radical (unpaired) electrons. The van der Waals surface area contributed by atoms with Crippen LogP contribution in [0.1, 0.15) is 38.9 Å². The molecule has 3 N–H and O–H groups in total. The summed E-state index contributed by atoms with van der Waals surface area (Å²) in [5.41, 5.74) is 0.662. The first-order valence-corrected chi connectivity index (χ1v) is 7.05. The second kappa shape index (κ2) is 10.8. The number of aliphatic hydroxyl groups excluding tert-OH is 1. The van der Waals surface area contributed by atoms with E-state index in [4.69, 9.17) is 0 Å². The van der Waals surface area contributed by atoms with Crippen LogP contribution in [0.2, 0.25) is 0 Å². The number of aliphatic hydroxyl groups is 1. The summed E-state index contributed by atoms with van der Waals surface area (Å²) in [5, 5.41) is 16.4. The largest absolute Gasteiger partial charge is 0.386 e. The van der Waals surface area contributed by atoms with Crippen LogP contribution in [0.15, 0.2) is 29.3 Å². The summed E-state index contributed by atoms with van der Waals surface area (Å²) < 4.78 is 12.8. The average Bonchev–Trinajstić information content (AvgIpc) is 2.45. The van der Waals surface area contributed by atoms with E-state index in [1.165, 1.54) is 12.1 Å². The van der Waals surface area contributed by atoms with Gasteiger partial charge in [-0.3, -0.25) is 4.99 Å². The van der Waals surface area contributed by atoms with Crippen LogP contribution in [0.5, 0.6) is 0 Å². The van der Waals surface area contributed by atoms with E-state index in [9.17, 15) is 9.50 Å². The zero-order valence-electron chi connectivity index (χ0n) is 12.8. The molecule has 0 fully saturated rings. The van der Waals surface area contributed by atoms with Gasteiger partial charge in [0.15, 0.2) is 5.96 Å². The van der Waals surface area contributed by atoms with E-state index < -0.39 is 6.10 Å². The van der Waals surface area contributed by atoms with Crippen LogP contribution in [-0.4, -0.2) is 30.2 Å². The molecule has 0 spiro atoms. The predicted molar refractivity (Wildman–Crippen MR) is 95.6 cm³/mol. The van der Waals surface area contributed by atoms with Crippen molar-refractivity contribution in [1.29, 1.82) is 0 Å². The monoisotopic (exact) mass is 409 g/mol. The highest BCUT2D eigenvalue weighted by atomic mass is 127. The Morgan fingerprint density at radius 3 is 2.43 bits per heavy atom. The van der Waals surface area contributed by atoms with Crippen molar-refractivity contribution in [2.75, 3.05) is 13.1 Å². The van der Waals surface area contributed by atoms with Crippen molar-refractivity contribution in [2.45, 2.75) is 39.3 Å². The summed E-state index contributed by atoms with van der Waals surface area (Å²) in [7, 11) is 0. The highest BCUT2D eigenvalue weighted by molar-refractivity contribution is 14.0. The minimum absolute atomic E-state index is 0. The zero-order valence-corrected chi connectivity index (χ0v) is 15.1. The van der Waals surface area contributed by atoms with Gasteiger partial charge in [-0.15, -0.1) is 24.0 Å². The Morgan fingerprint density at radius 2 is 1.90 bits per heavy atom. The average molecular weight is 409 g/mol. The smallest absolute Gasteiger partial charge is 0.191 e. The molecule has 0 saturated heterocycles. The maximum absolute atomic E-state index is 12.8. The van der Waals surface area contributed by atoms with Gasteiger partial charge < -0.3 is 15.7 Å². The van der Waals surface area contributed by atoms with Crippen molar-refractivity contribution in [3.8, 4) is 0 Å². The molecule has 21 heavy (non-hydrogen) atoms. The van der Waals surface area contributed by atoms with E-state index in [2.05, 4.69) is 29.5 Å². The Kier molecular flexibility index (Phi) is 10.3. The van der Waals surface area contributed by atoms with Crippen molar-refractivity contribution >= 4 is 29.9 Å². The lowest BCUT2D eigenvalue weighted by molar-refractivity contribution is 0.187. The number of benzene rings is 1. The Bertz CT molecular complexity index is 425. The lowest BCUT2D eigenvalue weighted by Gasteiger charge is -2.17. The summed E-state index contributed by atoms with van der Waals surface area (Å²) >= 11 is 0. The summed E-state index contributed by atoms with van der Waals surface area (Å²) in [6.07, 6.45) is 0.258. The molecule has 0 aliphatic heterocycles. The van der Waals surface area contributed by atoms with Crippen molar-refractivity contribution in [3.05, 3.63) is 35.6 Å². The number of nitrogens with one attached hydrogen (secondary N) is 2. The van der Waals surface area contributed by atoms with Crippen molar-refractivity contribution < 1.29 is 9.50 Å². The maximum atomic E-state index is 12.8. The molecule has 2 unspecified atom stereocenters.